The van der Waals surface area contributed by atoms with Crippen molar-refractivity contribution in [2.45, 2.75) is 122 Å². The second-order valence-corrected chi connectivity index (χ2v) is 22.9. The first-order valence-electron chi connectivity index (χ1n) is 13.6. The summed E-state index contributed by atoms with van der Waals surface area (Å²) in [5, 5.41) is 12.5. The predicted molar refractivity (Wildman–Crippen MR) is 178 cm³/mol. The van der Waals surface area contributed by atoms with Crippen LogP contribution in [0, 0.1) is 0 Å². The number of benzene rings is 1. The Bertz CT molecular complexity index is 990. The SMILES string of the molecule is CC(C)(C)[PH+](Cc1cccc(C(C(=[N-])Cc2ccccc2)[PH+](C(C)(C)C)C(C)(C)C)n1)C(C)(C)C.[CH-]=O.[CH-]=O.[Mn+3]. The van der Waals surface area contributed by atoms with Crippen LogP contribution in [0.1, 0.15) is 106 Å². The minimum absolute atomic E-state index is 0. The van der Waals surface area contributed by atoms with Crippen LogP contribution in [-0.4, -0.2) is 44.9 Å². The standard InChI is InChI=1S/C31H49N2P2.2CHO.Mn/c1-28(2,3)34(29(4,5)6)22-24-19-16-20-26(33-24)27(35(30(7,8)9)31(10,11)12)25(32)21-23-17-14-13-15-18-23;2*1-2;/h13-20,27H,21-22H2,1-12H3;2*1H;/q3*-1;+3/p+2. The molecule has 4 nitrogen and oxygen atoms in total. The Morgan fingerprint density at radius 3 is 1.57 bits per heavy atom. The summed E-state index contributed by atoms with van der Waals surface area (Å²) < 4.78 is 0. The molecule has 222 valence electrons. The average molecular weight is 627 g/mol. The van der Waals surface area contributed by atoms with Crippen molar-refractivity contribution in [3.8, 4) is 0 Å². The van der Waals surface area contributed by atoms with Gasteiger partial charge in [0.2, 0.25) is 0 Å². The molecule has 0 saturated carbocycles. The fourth-order valence-corrected chi connectivity index (χ4v) is 14.7. The topological polar surface area (TPSA) is 69.3 Å². The Kier molecular flexibility index (Phi) is 17.4. The van der Waals surface area contributed by atoms with Crippen molar-refractivity contribution in [3.63, 3.8) is 0 Å². The van der Waals surface area contributed by atoms with Crippen LogP contribution in [0.4, 0.5) is 0 Å². The van der Waals surface area contributed by atoms with Gasteiger partial charge in [0, 0.05) is 15.8 Å². The van der Waals surface area contributed by atoms with Gasteiger partial charge in [-0.2, -0.15) is 5.71 Å². The number of hydrogen-bond donors (Lipinski definition) is 0. The van der Waals surface area contributed by atoms with Crippen molar-refractivity contribution in [1.29, 1.82) is 0 Å². The molecule has 1 heterocycles. The first-order valence-corrected chi connectivity index (χ1v) is 16.9. The third-order valence-corrected chi connectivity index (χ3v) is 15.5. The van der Waals surface area contributed by atoms with Crippen LogP contribution in [0.25, 0.3) is 5.41 Å². The van der Waals surface area contributed by atoms with Crippen molar-refractivity contribution in [1.82, 2.24) is 4.98 Å². The Morgan fingerprint density at radius 1 is 0.725 bits per heavy atom. The average Bonchev–Trinajstić information content (AvgIpc) is 2.81. The van der Waals surface area contributed by atoms with Gasteiger partial charge in [0.1, 0.15) is 5.66 Å². The van der Waals surface area contributed by atoms with Crippen molar-refractivity contribution < 1.29 is 26.7 Å². The molecule has 0 radical (unpaired) electrons. The van der Waals surface area contributed by atoms with Crippen LogP contribution in [0.5, 0.6) is 0 Å². The fraction of sp³-hybridized carbons (Fsp3) is 0.576. The van der Waals surface area contributed by atoms with Crippen LogP contribution in [-0.2, 0) is 39.2 Å². The van der Waals surface area contributed by atoms with E-state index in [-0.39, 0.29) is 43.4 Å². The second kappa shape index (κ2) is 17.0. The van der Waals surface area contributed by atoms with Gasteiger partial charge >= 0.3 is 17.1 Å². The molecule has 0 bridgehead atoms. The minimum atomic E-state index is -1.13. The molecule has 1 unspecified atom stereocenters. The molecule has 0 amide bonds. The van der Waals surface area contributed by atoms with Crippen LogP contribution in [0.2, 0.25) is 0 Å². The molecule has 1 aromatic heterocycles. The van der Waals surface area contributed by atoms with Crippen molar-refractivity contribution in [2.75, 3.05) is 0 Å². The van der Waals surface area contributed by atoms with Gasteiger partial charge in [-0.3, -0.25) is 13.6 Å². The molecule has 40 heavy (non-hydrogen) atoms. The maximum Gasteiger partial charge on any atom is 3.00 e. The molecule has 0 aliphatic heterocycles. The first kappa shape index (κ1) is 40.9. The van der Waals surface area contributed by atoms with Crippen molar-refractivity contribution >= 4 is 35.1 Å². The largest absolute Gasteiger partial charge is 3.00 e. The van der Waals surface area contributed by atoms with Crippen LogP contribution in [0.15, 0.2) is 48.5 Å². The van der Waals surface area contributed by atoms with Gasteiger partial charge in [-0.1, -0.05) is 36.4 Å². The number of nitrogens with zero attached hydrogens (tertiary/aromatic N) is 2. The van der Waals surface area contributed by atoms with Gasteiger partial charge in [0.05, 0.1) is 38.2 Å². The van der Waals surface area contributed by atoms with Gasteiger partial charge < -0.3 is 15.0 Å². The zero-order chi connectivity index (χ0) is 30.8. The van der Waals surface area contributed by atoms with Crippen molar-refractivity contribution in [2.24, 2.45) is 0 Å². The number of pyridine rings is 1. The summed E-state index contributed by atoms with van der Waals surface area (Å²) in [7, 11) is -1.86. The fourth-order valence-electron chi connectivity index (χ4n) is 5.98. The summed E-state index contributed by atoms with van der Waals surface area (Å²) in [6.45, 7) is 34.9. The zero-order valence-corrected chi connectivity index (χ0v) is 30.0. The quantitative estimate of drug-likeness (QED) is 0.101. The molecule has 0 fully saturated rings. The van der Waals surface area contributed by atoms with E-state index in [0.717, 1.165) is 17.4 Å². The van der Waals surface area contributed by atoms with Gasteiger partial charge in [-0.25, -0.2) is 4.98 Å². The normalized spacial score (nSPS) is 12.8. The van der Waals surface area contributed by atoms with E-state index in [9.17, 15) is 5.41 Å². The third-order valence-electron chi connectivity index (χ3n) is 6.76. The van der Waals surface area contributed by atoms with Gasteiger partial charge in [0.25, 0.3) is 0 Å². The summed E-state index contributed by atoms with van der Waals surface area (Å²) in [6, 6.07) is 16.9. The van der Waals surface area contributed by atoms with Gasteiger partial charge in [0.15, 0.2) is 0 Å². The summed E-state index contributed by atoms with van der Waals surface area (Å²) >= 11 is 0. The van der Waals surface area contributed by atoms with E-state index in [2.05, 4.69) is 139 Å². The summed E-state index contributed by atoms with van der Waals surface area (Å²) in [5.74, 6) is 0. The van der Waals surface area contributed by atoms with E-state index < -0.39 is 15.8 Å². The van der Waals surface area contributed by atoms with E-state index >= 15 is 0 Å². The van der Waals surface area contributed by atoms with Crippen LogP contribution in [0.3, 0.4) is 0 Å². The molecule has 0 spiro atoms. The predicted octanol–water partition coefficient (Wildman–Crippen LogP) is 8.95. The maximum atomic E-state index is 11.8. The van der Waals surface area contributed by atoms with Crippen LogP contribution < -0.4 is 0 Å². The molecule has 2 aromatic rings. The Hall–Kier alpha value is -1.24. The monoisotopic (exact) mass is 626 g/mol. The van der Waals surface area contributed by atoms with E-state index in [1.54, 1.807) is 0 Å². The summed E-state index contributed by atoms with van der Waals surface area (Å²) in [6.07, 6.45) is 1.63. The molecule has 0 aliphatic rings. The first-order chi connectivity index (χ1) is 17.8. The van der Waals surface area contributed by atoms with E-state index in [0.29, 0.717) is 12.1 Å². The van der Waals surface area contributed by atoms with Crippen molar-refractivity contribution in [3.05, 3.63) is 70.9 Å². The smallest absolute Gasteiger partial charge is 0.807 e. The van der Waals surface area contributed by atoms with Gasteiger partial charge in [-0.05, 0) is 107 Å². The van der Waals surface area contributed by atoms with Crippen LogP contribution >= 0.6 is 15.8 Å². The molecule has 2 rings (SSSR count). The molecule has 7 heteroatoms. The van der Waals surface area contributed by atoms with E-state index in [1.165, 1.54) is 5.69 Å². The summed E-state index contributed by atoms with van der Waals surface area (Å²) in [5.41, 5.74) is 3.93. The number of carbonyl (C=O) groups excluding carboxylic acids is 2. The van der Waals surface area contributed by atoms with Gasteiger partial charge in [-0.15, -0.1) is 0 Å². The number of aromatic nitrogens is 1. The molecule has 0 aliphatic carbocycles. The molecular weight excluding hydrogens is 573 g/mol. The Morgan fingerprint density at radius 2 is 1.18 bits per heavy atom. The van der Waals surface area contributed by atoms with E-state index in [4.69, 9.17) is 14.6 Å². The number of hydrogen-bond acceptors (Lipinski definition) is 3. The number of rotatable bonds is 7. The third kappa shape index (κ3) is 12.7. The minimum Gasteiger partial charge on any atom is -0.807 e. The molecule has 0 N–H and O–H groups in total. The van der Waals surface area contributed by atoms with E-state index in [1.807, 2.05) is 6.07 Å². The Labute approximate surface area is 258 Å². The molecule has 0 saturated heterocycles. The summed E-state index contributed by atoms with van der Waals surface area (Å²) in [4.78, 5) is 20.8. The molecular formula is C33H53MnN2O2P2+2. The maximum absolute atomic E-state index is 11.8. The molecule has 1 atom stereocenters. The molecule has 1 aromatic carbocycles. The second-order valence-electron chi connectivity index (χ2n) is 14.2. The zero-order valence-electron chi connectivity index (χ0n) is 26.9. The Balaban J connectivity index is 0.